The van der Waals surface area contributed by atoms with Gasteiger partial charge in [0.15, 0.2) is 0 Å². The minimum absolute atomic E-state index is 0.00954. The molecule has 1 aliphatic rings. The van der Waals surface area contributed by atoms with Crippen LogP contribution in [-0.2, 0) is 24.1 Å². The molecule has 1 fully saturated rings. The van der Waals surface area contributed by atoms with E-state index in [1.54, 1.807) is 54.6 Å². The molecule has 30 heteroatoms. The number of aryl methyl sites for hydroxylation is 1. The summed E-state index contributed by atoms with van der Waals surface area (Å²) in [5.41, 5.74) is -1.88. The number of ether oxygens (including phenoxy) is 4. The summed E-state index contributed by atoms with van der Waals surface area (Å²) in [7, 11) is -0.556. The van der Waals surface area contributed by atoms with Gasteiger partial charge in [-0.2, -0.15) is 79.9 Å². The standard InChI is InChI=1S/C50H52F17N4O8P/c1-29(2)71(30(3)4)80(77-25-11-23-68)79-37-26-39(70-27-31(5)40(72)69-41(70)73)78-38(37)28-76-43(32-12-8-7-9-13-32,33-14-18-35(74-6)19-15-33)34-16-20-36(21-17-34)75-24-10-22-42(51,52)44(53,54)45(55,56)46(57,58)47(59,60)48(61,62)49(63,64)50(65,66)67/h7-9,12-21,27,29-30,37-39H,10-11,22,24-26,28H2,1-6H3,(H,69,72,73)/t37-,38+,39+,43?,80?/m0/s1. The van der Waals surface area contributed by atoms with Gasteiger partial charge in [0.1, 0.15) is 29.4 Å². The van der Waals surface area contributed by atoms with E-state index in [2.05, 4.69) is 4.98 Å². The maximum Gasteiger partial charge on any atom is 0.460 e. The maximum absolute atomic E-state index is 14.7. The van der Waals surface area contributed by atoms with E-state index in [1.807, 2.05) is 38.4 Å². The van der Waals surface area contributed by atoms with Crippen LogP contribution in [0.5, 0.6) is 11.5 Å². The first-order valence-corrected chi connectivity index (χ1v) is 25.1. The van der Waals surface area contributed by atoms with Gasteiger partial charge >= 0.3 is 53.3 Å². The van der Waals surface area contributed by atoms with Gasteiger partial charge in [-0.3, -0.25) is 14.3 Å². The van der Waals surface area contributed by atoms with Crippen LogP contribution in [0.1, 0.15) is 81.9 Å². The van der Waals surface area contributed by atoms with Crippen molar-refractivity contribution in [2.75, 3.05) is 26.9 Å². The molecule has 0 bridgehead atoms. The Bertz CT molecular complexity index is 2850. The Hall–Kier alpha value is -5.53. The lowest BCUT2D eigenvalue weighted by Crippen LogP contribution is -2.74. The van der Waals surface area contributed by atoms with E-state index >= 15 is 0 Å². The summed E-state index contributed by atoms with van der Waals surface area (Å²) in [6, 6.07) is 21.6. The molecule has 1 saturated heterocycles. The lowest BCUT2D eigenvalue weighted by Gasteiger charge is -2.42. The number of nitrogens with zero attached hydrogens (tertiary/aromatic N) is 3. The Balaban J connectivity index is 1.48. The fraction of sp³-hybridized carbons (Fsp3) is 0.540. The average Bonchev–Trinajstić information content (AvgIpc) is 3.92. The van der Waals surface area contributed by atoms with E-state index < -0.39 is 111 Å². The summed E-state index contributed by atoms with van der Waals surface area (Å²) >= 11 is 0. The summed E-state index contributed by atoms with van der Waals surface area (Å²) in [6.07, 6.45) is -13.8. The molecule has 0 saturated carbocycles. The Morgan fingerprint density at radius 3 is 1.71 bits per heavy atom. The number of aromatic amines is 1. The van der Waals surface area contributed by atoms with E-state index in [1.165, 1.54) is 49.1 Å². The van der Waals surface area contributed by atoms with Crippen molar-refractivity contribution in [3.05, 3.63) is 128 Å². The van der Waals surface area contributed by atoms with Crippen molar-refractivity contribution < 1.29 is 103 Å². The van der Waals surface area contributed by atoms with Gasteiger partial charge in [0, 0.05) is 36.7 Å². The molecule has 1 aromatic heterocycles. The molecule has 5 rings (SSSR count). The number of nitriles is 1. The second-order valence-corrected chi connectivity index (χ2v) is 20.2. The number of aromatic nitrogens is 2. The molecule has 0 aliphatic carbocycles. The predicted octanol–water partition coefficient (Wildman–Crippen LogP) is 13.0. The molecule has 0 amide bonds. The molecule has 444 valence electrons. The van der Waals surface area contributed by atoms with Crippen molar-refractivity contribution in [2.24, 2.45) is 0 Å². The molecule has 0 spiro atoms. The van der Waals surface area contributed by atoms with Crippen molar-refractivity contribution in [2.45, 2.75) is 144 Å². The Kier molecular flexibility index (Phi) is 20.0. The summed E-state index contributed by atoms with van der Waals surface area (Å²) < 4.78 is 276. The van der Waals surface area contributed by atoms with E-state index in [4.69, 9.17) is 28.0 Å². The Morgan fingerprint density at radius 1 is 0.713 bits per heavy atom. The molecule has 4 aromatic rings. The summed E-state index contributed by atoms with van der Waals surface area (Å²) in [5.74, 6) is -57.0. The van der Waals surface area contributed by atoms with Gasteiger partial charge in [0.05, 0.1) is 45.5 Å². The molecule has 80 heavy (non-hydrogen) atoms. The van der Waals surface area contributed by atoms with Crippen LogP contribution in [0.25, 0.3) is 0 Å². The Labute approximate surface area is 446 Å². The van der Waals surface area contributed by atoms with Crippen molar-refractivity contribution in [1.82, 2.24) is 14.2 Å². The van der Waals surface area contributed by atoms with Crippen LogP contribution in [0, 0.1) is 18.3 Å². The number of hydrogen-bond donors (Lipinski definition) is 1. The molecule has 1 N–H and O–H groups in total. The van der Waals surface area contributed by atoms with Crippen LogP contribution < -0.4 is 20.7 Å². The van der Waals surface area contributed by atoms with Crippen LogP contribution >= 0.6 is 8.53 Å². The quantitative estimate of drug-likeness (QED) is 0.0266. The van der Waals surface area contributed by atoms with Crippen LogP contribution in [0.2, 0.25) is 0 Å². The number of benzene rings is 3. The number of methoxy groups -OCH3 is 1. The molecular formula is C50H52F17N4O8P. The molecule has 1 aliphatic heterocycles. The van der Waals surface area contributed by atoms with Crippen molar-refractivity contribution in [3.63, 3.8) is 0 Å². The fourth-order valence-corrected chi connectivity index (χ4v) is 10.2. The molecule has 2 unspecified atom stereocenters. The molecule has 5 atom stereocenters. The first-order valence-electron chi connectivity index (χ1n) is 23.9. The highest BCUT2D eigenvalue weighted by Gasteiger charge is 2.95. The van der Waals surface area contributed by atoms with E-state index in [0.717, 1.165) is 0 Å². The smallest absolute Gasteiger partial charge is 0.460 e. The molecule has 12 nitrogen and oxygen atoms in total. The third-order valence-corrected chi connectivity index (χ3v) is 14.8. The minimum Gasteiger partial charge on any atom is -0.497 e. The van der Waals surface area contributed by atoms with Crippen LogP contribution in [0.3, 0.4) is 0 Å². The zero-order valence-corrected chi connectivity index (χ0v) is 43.8. The van der Waals surface area contributed by atoms with Gasteiger partial charge in [-0.05, 0) is 82.0 Å². The molecule has 0 radical (unpaired) electrons. The van der Waals surface area contributed by atoms with Crippen molar-refractivity contribution >= 4 is 8.53 Å². The van der Waals surface area contributed by atoms with E-state index in [-0.39, 0.29) is 55.0 Å². The minimum atomic E-state index is -8.73. The van der Waals surface area contributed by atoms with Crippen LogP contribution in [0.4, 0.5) is 74.6 Å². The predicted molar refractivity (Wildman–Crippen MR) is 252 cm³/mol. The molecule has 3 aromatic carbocycles. The SMILES string of the molecule is COc1ccc(C(OC[C@H]2O[C@@H](n3cc(C)c(=O)[nH]c3=O)C[C@@H]2OP(OCCC#N)N(C(C)C)C(C)C)(c2ccccc2)c2ccc(OCCCC(F)(F)C(F)(F)C(F)(F)C(F)(F)C(F)(F)C(F)(F)C(F)(F)C(F)(F)F)cc2)cc1. The van der Waals surface area contributed by atoms with Gasteiger partial charge < -0.3 is 28.0 Å². The normalized spacial score (nSPS) is 18.4. The number of rotatable bonds is 27. The third-order valence-electron chi connectivity index (χ3n) is 12.6. The lowest BCUT2D eigenvalue weighted by atomic mass is 9.80. The Morgan fingerprint density at radius 2 is 1.21 bits per heavy atom. The van der Waals surface area contributed by atoms with E-state index in [9.17, 15) is 89.5 Å². The first kappa shape index (κ1) is 65.3. The monoisotopic (exact) mass is 1190 g/mol. The van der Waals surface area contributed by atoms with Gasteiger partial charge in [0.2, 0.25) is 0 Å². The van der Waals surface area contributed by atoms with Gasteiger partial charge in [0.25, 0.3) is 14.1 Å². The van der Waals surface area contributed by atoms with Crippen molar-refractivity contribution in [3.8, 4) is 17.6 Å². The zero-order valence-electron chi connectivity index (χ0n) is 42.9. The van der Waals surface area contributed by atoms with Crippen LogP contribution in [-0.4, -0.2) is 113 Å². The number of hydrogen-bond acceptors (Lipinski definition) is 10. The highest BCUT2D eigenvalue weighted by molar-refractivity contribution is 7.44. The van der Waals surface area contributed by atoms with Gasteiger partial charge in [-0.1, -0.05) is 54.6 Å². The average molecular weight is 1190 g/mol. The zero-order chi connectivity index (χ0) is 60.2. The van der Waals surface area contributed by atoms with E-state index in [0.29, 0.717) is 16.9 Å². The molecular weight excluding hydrogens is 1140 g/mol. The number of alkyl halides is 17. The highest BCUT2D eigenvalue weighted by Crippen LogP contribution is 2.64. The number of halogens is 17. The second kappa shape index (κ2) is 24.5. The topological polar surface area (TPSA) is 137 Å². The summed E-state index contributed by atoms with van der Waals surface area (Å²) in [5, 5.41) is 9.33. The van der Waals surface area contributed by atoms with Gasteiger partial charge in [-0.25, -0.2) is 9.46 Å². The number of H-pyrrole nitrogens is 1. The maximum atomic E-state index is 14.7. The fourth-order valence-electron chi connectivity index (χ4n) is 8.42. The highest BCUT2D eigenvalue weighted by atomic mass is 31.2. The third kappa shape index (κ3) is 12.4. The summed E-state index contributed by atoms with van der Waals surface area (Å²) in [6.45, 7) is 7.51. The molecule has 2 heterocycles. The number of nitrogens with one attached hydrogen (secondary N) is 1. The van der Waals surface area contributed by atoms with Gasteiger partial charge in [-0.15, -0.1) is 0 Å². The van der Waals surface area contributed by atoms with Crippen molar-refractivity contribution in [1.29, 1.82) is 5.26 Å². The first-order chi connectivity index (χ1) is 36.9. The summed E-state index contributed by atoms with van der Waals surface area (Å²) in [4.78, 5) is 27.9. The second-order valence-electron chi connectivity index (χ2n) is 18.7. The largest absolute Gasteiger partial charge is 0.497 e. The lowest BCUT2D eigenvalue weighted by molar-refractivity contribution is -0.461. The van der Waals surface area contributed by atoms with Crippen LogP contribution in [0.15, 0.2) is 94.6 Å².